The number of carbonyl (C=O) groups is 1. The number of amides is 1. The molecule has 2 aromatic carbocycles. The van der Waals surface area contributed by atoms with Gasteiger partial charge in [0.15, 0.2) is 12.4 Å². The molecule has 0 fully saturated rings. The summed E-state index contributed by atoms with van der Waals surface area (Å²) in [5.74, 6) is 0.0485. The topological polar surface area (TPSA) is 38.3 Å². The summed E-state index contributed by atoms with van der Waals surface area (Å²) in [5.41, 5.74) is 2.91. The van der Waals surface area contributed by atoms with Crippen LogP contribution < -0.4 is 10.1 Å². The molecule has 110 valence electrons. The van der Waals surface area contributed by atoms with Gasteiger partial charge in [0.05, 0.1) is 10.0 Å². The molecule has 1 amide bonds. The van der Waals surface area contributed by atoms with Crippen molar-refractivity contribution in [3.8, 4) is 5.75 Å². The summed E-state index contributed by atoms with van der Waals surface area (Å²) in [7, 11) is 0. The molecule has 0 saturated carbocycles. The van der Waals surface area contributed by atoms with Crippen molar-refractivity contribution in [3.05, 3.63) is 57.6 Å². The number of hydrogen-bond acceptors (Lipinski definition) is 2. The van der Waals surface area contributed by atoms with Crippen LogP contribution in [0.5, 0.6) is 5.75 Å². The maximum Gasteiger partial charge on any atom is 0.262 e. The predicted molar refractivity (Wildman–Crippen MR) is 86.5 cm³/mol. The van der Waals surface area contributed by atoms with Gasteiger partial charge in [-0.15, -0.1) is 0 Å². The number of rotatable bonds is 4. The molecule has 0 radical (unpaired) electrons. The fourth-order valence-corrected chi connectivity index (χ4v) is 2.51. The van der Waals surface area contributed by atoms with E-state index in [0.717, 1.165) is 16.8 Å². The molecular weight excluding hydrogens is 309 g/mol. The van der Waals surface area contributed by atoms with Crippen LogP contribution in [-0.4, -0.2) is 12.5 Å². The number of hydrogen-bond donors (Lipinski definition) is 1. The monoisotopic (exact) mass is 323 g/mol. The van der Waals surface area contributed by atoms with Crippen LogP contribution in [0.4, 0.5) is 5.69 Å². The first-order chi connectivity index (χ1) is 9.95. The average Bonchev–Trinajstić information content (AvgIpc) is 2.36. The molecular formula is C16H15Cl2NO2. The molecule has 0 atom stereocenters. The molecule has 5 heteroatoms. The molecule has 0 unspecified atom stereocenters. The van der Waals surface area contributed by atoms with Crippen LogP contribution in [0.1, 0.15) is 11.1 Å². The minimum Gasteiger partial charge on any atom is -0.481 e. The summed E-state index contributed by atoms with van der Waals surface area (Å²) in [6, 6.07) is 10.9. The van der Waals surface area contributed by atoms with Gasteiger partial charge in [-0.2, -0.15) is 0 Å². The molecule has 2 rings (SSSR count). The Kier molecular flexibility index (Phi) is 5.10. The molecule has 3 nitrogen and oxygen atoms in total. The van der Waals surface area contributed by atoms with Crippen molar-refractivity contribution >= 4 is 34.8 Å². The molecule has 1 N–H and O–H groups in total. The van der Waals surface area contributed by atoms with E-state index in [2.05, 4.69) is 5.32 Å². The molecule has 0 heterocycles. The van der Waals surface area contributed by atoms with Gasteiger partial charge in [-0.25, -0.2) is 0 Å². The molecule has 0 aromatic heterocycles. The lowest BCUT2D eigenvalue weighted by atomic mass is 10.1. The third-order valence-corrected chi connectivity index (χ3v) is 3.37. The van der Waals surface area contributed by atoms with Gasteiger partial charge in [-0.3, -0.25) is 4.79 Å². The third kappa shape index (κ3) is 4.38. The quantitative estimate of drug-likeness (QED) is 0.890. The number of para-hydroxylation sites is 1. The summed E-state index contributed by atoms with van der Waals surface area (Å²) >= 11 is 11.9. The Labute approximate surface area is 133 Å². The SMILES string of the molecule is Cc1cc(C)cc(NC(=O)COc2c(Cl)cccc2Cl)c1. The number of anilines is 1. The molecule has 0 aliphatic carbocycles. The Morgan fingerprint density at radius 2 is 1.67 bits per heavy atom. The van der Waals surface area contributed by atoms with Crippen molar-refractivity contribution in [1.82, 2.24) is 0 Å². The number of aryl methyl sites for hydroxylation is 2. The largest absolute Gasteiger partial charge is 0.481 e. The average molecular weight is 324 g/mol. The standard InChI is InChI=1S/C16H15Cl2NO2/c1-10-6-11(2)8-12(7-10)19-15(20)9-21-16-13(17)4-3-5-14(16)18/h3-8H,9H2,1-2H3,(H,19,20). The number of nitrogens with one attached hydrogen (secondary N) is 1. The third-order valence-electron chi connectivity index (χ3n) is 2.77. The van der Waals surface area contributed by atoms with Gasteiger partial charge in [0.25, 0.3) is 5.91 Å². The van der Waals surface area contributed by atoms with Gasteiger partial charge in [-0.1, -0.05) is 35.3 Å². The van der Waals surface area contributed by atoms with Crippen LogP contribution in [-0.2, 0) is 4.79 Å². The van der Waals surface area contributed by atoms with Crippen LogP contribution in [0.15, 0.2) is 36.4 Å². The first kappa shape index (κ1) is 15.7. The predicted octanol–water partition coefficient (Wildman–Crippen LogP) is 4.63. The van der Waals surface area contributed by atoms with E-state index in [4.69, 9.17) is 27.9 Å². The van der Waals surface area contributed by atoms with Crippen LogP contribution >= 0.6 is 23.2 Å². The van der Waals surface area contributed by atoms with Gasteiger partial charge in [-0.05, 0) is 49.2 Å². The summed E-state index contributed by atoms with van der Waals surface area (Å²) in [5, 5.41) is 3.54. The van der Waals surface area contributed by atoms with Gasteiger partial charge in [0.2, 0.25) is 0 Å². The molecule has 0 spiro atoms. The van der Waals surface area contributed by atoms with Gasteiger partial charge in [0, 0.05) is 5.69 Å². The first-order valence-corrected chi connectivity index (χ1v) is 7.16. The second-order valence-electron chi connectivity index (χ2n) is 4.76. The number of benzene rings is 2. The van der Waals surface area contributed by atoms with Crippen LogP contribution in [0.2, 0.25) is 10.0 Å². The lowest BCUT2D eigenvalue weighted by molar-refractivity contribution is -0.118. The van der Waals surface area contributed by atoms with E-state index in [1.54, 1.807) is 18.2 Å². The van der Waals surface area contributed by atoms with E-state index < -0.39 is 0 Å². The van der Waals surface area contributed by atoms with Crippen molar-refractivity contribution in [1.29, 1.82) is 0 Å². The second-order valence-corrected chi connectivity index (χ2v) is 5.58. The highest BCUT2D eigenvalue weighted by Gasteiger charge is 2.10. The Morgan fingerprint density at radius 1 is 1.10 bits per heavy atom. The molecule has 0 saturated heterocycles. The van der Waals surface area contributed by atoms with Gasteiger partial charge < -0.3 is 10.1 Å². The lowest BCUT2D eigenvalue weighted by Crippen LogP contribution is -2.20. The van der Waals surface area contributed by atoms with Crippen molar-refractivity contribution in [3.63, 3.8) is 0 Å². The summed E-state index contributed by atoms with van der Waals surface area (Å²) < 4.78 is 5.39. The van der Waals surface area contributed by atoms with E-state index in [1.807, 2.05) is 32.0 Å². The van der Waals surface area contributed by atoms with E-state index in [-0.39, 0.29) is 12.5 Å². The Balaban J connectivity index is 1.99. The molecule has 0 bridgehead atoms. The van der Waals surface area contributed by atoms with Gasteiger partial charge in [0.1, 0.15) is 0 Å². The normalized spacial score (nSPS) is 10.3. The fraction of sp³-hybridized carbons (Fsp3) is 0.188. The highest BCUT2D eigenvalue weighted by atomic mass is 35.5. The highest BCUT2D eigenvalue weighted by Crippen LogP contribution is 2.32. The molecule has 2 aromatic rings. The van der Waals surface area contributed by atoms with Crippen LogP contribution in [0.3, 0.4) is 0 Å². The zero-order chi connectivity index (χ0) is 15.4. The maximum absolute atomic E-state index is 11.9. The van der Waals surface area contributed by atoms with Crippen LogP contribution in [0, 0.1) is 13.8 Å². The smallest absolute Gasteiger partial charge is 0.262 e. The van der Waals surface area contributed by atoms with Crippen molar-refractivity contribution < 1.29 is 9.53 Å². The van der Waals surface area contributed by atoms with Gasteiger partial charge >= 0.3 is 0 Å². The number of ether oxygens (including phenoxy) is 1. The Bertz CT molecular complexity index is 631. The highest BCUT2D eigenvalue weighted by molar-refractivity contribution is 6.37. The lowest BCUT2D eigenvalue weighted by Gasteiger charge is -2.11. The Morgan fingerprint density at radius 3 is 2.24 bits per heavy atom. The van der Waals surface area contributed by atoms with Crippen molar-refractivity contribution in [2.75, 3.05) is 11.9 Å². The summed E-state index contributed by atoms with van der Waals surface area (Å²) in [4.78, 5) is 11.9. The minimum absolute atomic E-state index is 0.156. The van der Waals surface area contributed by atoms with E-state index in [1.165, 1.54) is 0 Å². The maximum atomic E-state index is 11.9. The molecule has 0 aliphatic heterocycles. The second kappa shape index (κ2) is 6.83. The van der Waals surface area contributed by atoms with E-state index in [0.29, 0.717) is 15.8 Å². The van der Waals surface area contributed by atoms with E-state index >= 15 is 0 Å². The van der Waals surface area contributed by atoms with E-state index in [9.17, 15) is 4.79 Å². The molecule has 0 aliphatic rings. The molecule has 21 heavy (non-hydrogen) atoms. The Hall–Kier alpha value is -1.71. The number of halogens is 2. The summed E-state index contributed by atoms with van der Waals surface area (Å²) in [6.45, 7) is 3.79. The van der Waals surface area contributed by atoms with Crippen LogP contribution in [0.25, 0.3) is 0 Å². The number of carbonyl (C=O) groups excluding carboxylic acids is 1. The summed E-state index contributed by atoms with van der Waals surface area (Å²) in [6.07, 6.45) is 0. The minimum atomic E-state index is -0.268. The zero-order valence-corrected chi connectivity index (χ0v) is 13.3. The van der Waals surface area contributed by atoms with Crippen molar-refractivity contribution in [2.45, 2.75) is 13.8 Å². The first-order valence-electron chi connectivity index (χ1n) is 6.40. The van der Waals surface area contributed by atoms with Crippen molar-refractivity contribution in [2.24, 2.45) is 0 Å². The fourth-order valence-electron chi connectivity index (χ4n) is 2.00. The zero-order valence-electron chi connectivity index (χ0n) is 11.7.